The fourth-order valence-electron chi connectivity index (χ4n) is 2.47. The van der Waals surface area contributed by atoms with Crippen molar-refractivity contribution in [3.05, 3.63) is 17.0 Å². The molecule has 2 aliphatic rings. The van der Waals surface area contributed by atoms with E-state index in [-0.39, 0.29) is 0 Å². The van der Waals surface area contributed by atoms with E-state index in [1.165, 1.54) is 34.4 Å². The Labute approximate surface area is 126 Å². The Morgan fingerprint density at radius 1 is 1.39 bits per heavy atom. The van der Waals surface area contributed by atoms with Gasteiger partial charge in [-0.3, -0.25) is 0 Å². The lowest BCUT2D eigenvalue weighted by atomic mass is 10.0. The first-order chi connectivity index (χ1) is 8.83. The molecule has 18 heavy (non-hydrogen) atoms. The molecule has 3 heterocycles. The van der Waals surface area contributed by atoms with Crippen molar-refractivity contribution in [1.29, 1.82) is 0 Å². The Morgan fingerprint density at radius 3 is 3.17 bits per heavy atom. The van der Waals surface area contributed by atoms with Gasteiger partial charge in [0, 0.05) is 40.3 Å². The number of nitrogens with one attached hydrogen (secondary N) is 1. The van der Waals surface area contributed by atoms with Crippen molar-refractivity contribution in [3.8, 4) is 0 Å². The monoisotopic (exact) mass is 317 g/mol. The van der Waals surface area contributed by atoms with Crippen LogP contribution in [0.25, 0.3) is 0 Å². The molecule has 1 N–H and O–H groups in total. The van der Waals surface area contributed by atoms with Gasteiger partial charge in [0.15, 0.2) is 0 Å². The largest absolute Gasteiger partial charge is 0.309 e. The van der Waals surface area contributed by atoms with Crippen molar-refractivity contribution in [1.82, 2.24) is 5.32 Å². The highest BCUT2D eigenvalue weighted by molar-refractivity contribution is 8.06. The Hall–Kier alpha value is 0.710. The maximum absolute atomic E-state index is 3.82. The van der Waals surface area contributed by atoms with Gasteiger partial charge in [-0.1, -0.05) is 6.92 Å². The molecule has 1 nitrogen and oxygen atoms in total. The summed E-state index contributed by atoms with van der Waals surface area (Å²) in [6, 6.07) is 2.91. The van der Waals surface area contributed by atoms with Crippen LogP contribution >= 0.6 is 46.6 Å². The van der Waals surface area contributed by atoms with E-state index in [2.05, 4.69) is 59.0 Å². The maximum Gasteiger partial charge on any atom is 0.0649 e. The lowest BCUT2D eigenvalue weighted by Crippen LogP contribution is -2.34. The molecule has 0 aliphatic carbocycles. The average molecular weight is 318 g/mol. The summed E-state index contributed by atoms with van der Waals surface area (Å²) in [7, 11) is 0. The molecule has 1 fully saturated rings. The molecule has 0 saturated carbocycles. The van der Waals surface area contributed by atoms with Crippen LogP contribution in [0.3, 0.4) is 0 Å². The van der Waals surface area contributed by atoms with Crippen LogP contribution < -0.4 is 5.32 Å². The van der Waals surface area contributed by atoms with E-state index in [4.69, 9.17) is 0 Å². The first-order valence-corrected chi connectivity index (χ1v) is 10.5. The van der Waals surface area contributed by atoms with Crippen molar-refractivity contribution < 1.29 is 0 Å². The van der Waals surface area contributed by atoms with Gasteiger partial charge >= 0.3 is 0 Å². The predicted molar refractivity (Wildman–Crippen MR) is 88.6 cm³/mol. The fraction of sp³-hybridized carbons (Fsp3) is 0.692. The van der Waals surface area contributed by atoms with E-state index in [1.807, 2.05) is 11.3 Å². The van der Waals surface area contributed by atoms with Crippen LogP contribution in [0.1, 0.15) is 24.9 Å². The molecule has 1 saturated heterocycles. The Morgan fingerprint density at radius 2 is 2.33 bits per heavy atom. The molecule has 2 unspecified atom stereocenters. The summed E-state index contributed by atoms with van der Waals surface area (Å²) in [6.07, 6.45) is 1.28. The SMILES string of the molecule is C[C@H]1CC(NCC2CSCCS2)c2ccsc2S1. The number of thioether (sulfide) groups is 3. The van der Waals surface area contributed by atoms with Crippen LogP contribution in [-0.4, -0.2) is 34.3 Å². The molecule has 3 rings (SSSR count). The zero-order valence-electron chi connectivity index (χ0n) is 10.6. The summed E-state index contributed by atoms with van der Waals surface area (Å²) in [5.41, 5.74) is 1.55. The molecule has 0 bridgehead atoms. The van der Waals surface area contributed by atoms with Crippen LogP contribution in [0.2, 0.25) is 0 Å². The Kier molecular flexibility index (Phi) is 4.90. The van der Waals surface area contributed by atoms with Crippen LogP contribution in [0.5, 0.6) is 0 Å². The van der Waals surface area contributed by atoms with Gasteiger partial charge in [-0.15, -0.1) is 23.1 Å². The smallest absolute Gasteiger partial charge is 0.0649 e. The Balaban J connectivity index is 1.59. The molecular formula is C13H19NS4. The third kappa shape index (κ3) is 3.23. The number of fused-ring (bicyclic) bond motifs is 1. The normalized spacial score (nSPS) is 32.2. The van der Waals surface area contributed by atoms with E-state index in [1.54, 1.807) is 5.56 Å². The van der Waals surface area contributed by atoms with Crippen molar-refractivity contribution in [2.24, 2.45) is 0 Å². The van der Waals surface area contributed by atoms with Crippen molar-refractivity contribution in [2.45, 2.75) is 34.1 Å². The summed E-state index contributed by atoms with van der Waals surface area (Å²) < 4.78 is 1.54. The van der Waals surface area contributed by atoms with Crippen LogP contribution in [0.4, 0.5) is 0 Å². The minimum absolute atomic E-state index is 0.593. The molecule has 1 aromatic rings. The lowest BCUT2D eigenvalue weighted by Gasteiger charge is -2.30. The summed E-state index contributed by atoms with van der Waals surface area (Å²) >= 11 is 8.23. The van der Waals surface area contributed by atoms with Crippen LogP contribution in [0.15, 0.2) is 15.7 Å². The molecule has 2 aliphatic heterocycles. The maximum atomic E-state index is 3.82. The number of thiophene rings is 1. The molecule has 0 amide bonds. The zero-order chi connectivity index (χ0) is 12.4. The zero-order valence-corrected chi connectivity index (χ0v) is 13.8. The minimum Gasteiger partial charge on any atom is -0.309 e. The van der Waals surface area contributed by atoms with E-state index < -0.39 is 0 Å². The van der Waals surface area contributed by atoms with Crippen molar-refractivity contribution >= 4 is 46.6 Å². The molecular weight excluding hydrogens is 298 g/mol. The number of rotatable bonds is 3. The minimum atomic E-state index is 0.593. The molecule has 3 atom stereocenters. The Bertz CT molecular complexity index is 386. The second kappa shape index (κ2) is 6.44. The molecule has 0 spiro atoms. The van der Waals surface area contributed by atoms with E-state index in [0.717, 1.165) is 10.5 Å². The van der Waals surface area contributed by atoms with E-state index in [9.17, 15) is 0 Å². The van der Waals surface area contributed by atoms with Gasteiger partial charge < -0.3 is 5.32 Å². The summed E-state index contributed by atoms with van der Waals surface area (Å²) in [5.74, 6) is 4.00. The highest BCUT2D eigenvalue weighted by Gasteiger charge is 2.26. The molecule has 0 aromatic carbocycles. The lowest BCUT2D eigenvalue weighted by molar-refractivity contribution is 0.492. The van der Waals surface area contributed by atoms with Gasteiger partial charge in [-0.2, -0.15) is 23.5 Å². The van der Waals surface area contributed by atoms with E-state index in [0.29, 0.717) is 6.04 Å². The third-order valence-corrected chi connectivity index (χ3v) is 8.58. The van der Waals surface area contributed by atoms with Gasteiger partial charge in [0.05, 0.1) is 4.21 Å². The predicted octanol–water partition coefficient (Wildman–Crippen LogP) is 4.11. The average Bonchev–Trinajstić information content (AvgIpc) is 2.85. The van der Waals surface area contributed by atoms with Crippen molar-refractivity contribution in [2.75, 3.05) is 23.8 Å². The second-order valence-electron chi connectivity index (χ2n) is 4.86. The van der Waals surface area contributed by atoms with Crippen molar-refractivity contribution in [3.63, 3.8) is 0 Å². The number of hydrogen-bond donors (Lipinski definition) is 1. The third-order valence-electron chi connectivity index (χ3n) is 3.39. The van der Waals surface area contributed by atoms with Crippen LogP contribution in [0, 0.1) is 0 Å². The molecule has 1 aromatic heterocycles. The quantitative estimate of drug-likeness (QED) is 0.900. The van der Waals surface area contributed by atoms with E-state index >= 15 is 0 Å². The highest BCUT2D eigenvalue weighted by Crippen LogP contribution is 2.43. The van der Waals surface area contributed by atoms with Gasteiger partial charge in [0.25, 0.3) is 0 Å². The first-order valence-electron chi connectivity index (χ1n) is 6.49. The molecule has 0 radical (unpaired) electrons. The summed E-state index contributed by atoms with van der Waals surface area (Å²) in [6.45, 7) is 3.53. The topological polar surface area (TPSA) is 12.0 Å². The van der Waals surface area contributed by atoms with Crippen LogP contribution in [-0.2, 0) is 0 Å². The summed E-state index contributed by atoms with van der Waals surface area (Å²) in [5, 5.41) is 7.64. The number of hydrogen-bond acceptors (Lipinski definition) is 5. The highest BCUT2D eigenvalue weighted by atomic mass is 32.2. The molecule has 100 valence electrons. The summed E-state index contributed by atoms with van der Waals surface area (Å²) in [4.78, 5) is 0. The standard InChI is InChI=1S/C13H19NS4/c1-9-6-12(11-2-3-17-13(11)18-9)14-7-10-8-15-4-5-16-10/h2-3,9-10,12,14H,4-8H2,1H3/t9-,10?,12?/m0/s1. The van der Waals surface area contributed by atoms with Gasteiger partial charge in [-0.05, 0) is 23.4 Å². The first kappa shape index (κ1) is 13.7. The second-order valence-corrected chi connectivity index (χ2v) is 10.0. The fourth-order valence-corrected chi connectivity index (χ4v) is 7.66. The van der Waals surface area contributed by atoms with Gasteiger partial charge in [0.1, 0.15) is 0 Å². The molecule has 5 heteroatoms. The van der Waals surface area contributed by atoms with Gasteiger partial charge in [0.2, 0.25) is 0 Å². The van der Waals surface area contributed by atoms with Gasteiger partial charge in [-0.25, -0.2) is 0 Å².